The maximum Gasteiger partial charge on any atom is 0.0897 e. The molecule has 15 heavy (non-hydrogen) atoms. The summed E-state index contributed by atoms with van der Waals surface area (Å²) in [7, 11) is 0. The Morgan fingerprint density at radius 2 is 2.07 bits per heavy atom. The minimum absolute atomic E-state index is 0.420. The molecule has 2 unspecified atom stereocenters. The Morgan fingerprint density at radius 1 is 1.40 bits per heavy atom. The molecule has 0 bridgehead atoms. The molecule has 1 heterocycles. The Hall–Kier alpha value is -0.410. The molecule has 0 aliphatic rings. The molecule has 1 aromatic heterocycles. The summed E-state index contributed by atoms with van der Waals surface area (Å²) >= 11 is 1.79. The monoisotopic (exact) mass is 226 g/mol. The van der Waals surface area contributed by atoms with Crippen LogP contribution in [-0.4, -0.2) is 11.0 Å². The van der Waals surface area contributed by atoms with Crippen LogP contribution >= 0.6 is 11.3 Å². The first-order chi connectivity index (χ1) is 7.04. The Kier molecular flexibility index (Phi) is 4.74. The van der Waals surface area contributed by atoms with Crippen molar-refractivity contribution in [3.63, 3.8) is 0 Å². The number of hydrogen-bond donors (Lipinski definition) is 1. The number of thiazole rings is 1. The van der Waals surface area contributed by atoms with E-state index in [9.17, 15) is 0 Å². The third kappa shape index (κ3) is 3.58. The lowest BCUT2D eigenvalue weighted by molar-refractivity contribution is 0.357. The topological polar surface area (TPSA) is 24.9 Å². The predicted octanol–water partition coefficient (Wildman–Crippen LogP) is 3.54. The van der Waals surface area contributed by atoms with Gasteiger partial charge in [-0.25, -0.2) is 4.98 Å². The first-order valence-electron chi connectivity index (χ1n) is 5.73. The van der Waals surface area contributed by atoms with Crippen LogP contribution in [-0.2, 0) is 0 Å². The van der Waals surface area contributed by atoms with E-state index in [1.54, 1.807) is 11.3 Å². The number of aryl methyl sites for hydroxylation is 1. The highest BCUT2D eigenvalue weighted by atomic mass is 32.1. The molecule has 0 fully saturated rings. The summed E-state index contributed by atoms with van der Waals surface area (Å²) in [6.45, 7) is 11.1. The fourth-order valence-electron chi connectivity index (χ4n) is 1.76. The van der Waals surface area contributed by atoms with Gasteiger partial charge < -0.3 is 5.32 Å². The first-order valence-corrected chi connectivity index (χ1v) is 6.54. The fraction of sp³-hybridized carbons (Fsp3) is 0.750. The minimum Gasteiger partial charge on any atom is -0.306 e. The standard InChI is InChI=1S/C12H22N2S/c1-6-11(8(2)3)14-9(4)12-7-13-10(5)15-12/h7-9,11,14H,6H2,1-5H3. The van der Waals surface area contributed by atoms with Gasteiger partial charge in [0.15, 0.2) is 0 Å². The van der Waals surface area contributed by atoms with Crippen LogP contribution in [0.3, 0.4) is 0 Å². The Labute approximate surface area is 97.1 Å². The van der Waals surface area contributed by atoms with Crippen molar-refractivity contribution < 1.29 is 0 Å². The highest BCUT2D eigenvalue weighted by Crippen LogP contribution is 2.21. The van der Waals surface area contributed by atoms with Crippen molar-refractivity contribution in [2.75, 3.05) is 0 Å². The molecule has 0 radical (unpaired) electrons. The number of rotatable bonds is 5. The average molecular weight is 226 g/mol. The molecule has 0 aromatic carbocycles. The number of nitrogens with one attached hydrogen (secondary N) is 1. The van der Waals surface area contributed by atoms with Gasteiger partial charge in [-0.2, -0.15) is 0 Å². The largest absolute Gasteiger partial charge is 0.306 e. The third-order valence-electron chi connectivity index (χ3n) is 2.77. The van der Waals surface area contributed by atoms with E-state index in [1.165, 1.54) is 11.3 Å². The summed E-state index contributed by atoms with van der Waals surface area (Å²) < 4.78 is 0. The van der Waals surface area contributed by atoms with Gasteiger partial charge in [-0.05, 0) is 26.2 Å². The van der Waals surface area contributed by atoms with E-state index in [1.807, 2.05) is 6.20 Å². The van der Waals surface area contributed by atoms with Crippen LogP contribution in [0.25, 0.3) is 0 Å². The smallest absolute Gasteiger partial charge is 0.0897 e. The summed E-state index contributed by atoms with van der Waals surface area (Å²) in [5.74, 6) is 0.687. The van der Waals surface area contributed by atoms with Crippen LogP contribution in [0.2, 0.25) is 0 Å². The molecule has 2 nitrogen and oxygen atoms in total. The SMILES string of the molecule is CCC(NC(C)c1cnc(C)s1)C(C)C. The molecule has 86 valence electrons. The van der Waals surface area contributed by atoms with Gasteiger partial charge in [-0.3, -0.25) is 0 Å². The molecule has 0 saturated heterocycles. The van der Waals surface area contributed by atoms with Gasteiger partial charge in [0.1, 0.15) is 0 Å². The summed E-state index contributed by atoms with van der Waals surface area (Å²) in [5.41, 5.74) is 0. The average Bonchev–Trinajstić information content (AvgIpc) is 2.60. The Balaban J connectivity index is 2.58. The van der Waals surface area contributed by atoms with Gasteiger partial charge in [-0.15, -0.1) is 11.3 Å². The molecule has 0 aliphatic carbocycles. The lowest BCUT2D eigenvalue weighted by atomic mass is 10.0. The third-order valence-corrected chi connectivity index (χ3v) is 3.87. The van der Waals surface area contributed by atoms with Crippen molar-refractivity contribution in [1.29, 1.82) is 0 Å². The lowest BCUT2D eigenvalue weighted by Gasteiger charge is -2.24. The zero-order valence-corrected chi connectivity index (χ0v) is 11.2. The van der Waals surface area contributed by atoms with Crippen molar-refractivity contribution in [3.8, 4) is 0 Å². The second-order valence-corrected chi connectivity index (χ2v) is 5.70. The molecule has 2 atom stereocenters. The molecule has 0 saturated carbocycles. The summed E-state index contributed by atoms with van der Waals surface area (Å²) in [4.78, 5) is 5.63. The number of aromatic nitrogens is 1. The van der Waals surface area contributed by atoms with Gasteiger partial charge >= 0.3 is 0 Å². The fourth-order valence-corrected chi connectivity index (χ4v) is 2.56. The molecule has 3 heteroatoms. The van der Waals surface area contributed by atoms with E-state index >= 15 is 0 Å². The number of hydrogen-bond acceptors (Lipinski definition) is 3. The van der Waals surface area contributed by atoms with E-state index in [-0.39, 0.29) is 0 Å². The predicted molar refractivity (Wildman–Crippen MR) is 67.3 cm³/mol. The van der Waals surface area contributed by atoms with Gasteiger partial charge in [0.2, 0.25) is 0 Å². The van der Waals surface area contributed by atoms with Crippen LogP contribution in [0, 0.1) is 12.8 Å². The molecule has 0 spiro atoms. The van der Waals surface area contributed by atoms with Crippen LogP contribution in [0.1, 0.15) is 50.0 Å². The Bertz CT molecular complexity index is 294. The molecule has 1 rings (SSSR count). The Morgan fingerprint density at radius 3 is 2.47 bits per heavy atom. The normalized spacial score (nSPS) is 15.6. The summed E-state index contributed by atoms with van der Waals surface area (Å²) in [6.07, 6.45) is 3.17. The first kappa shape index (κ1) is 12.7. The van der Waals surface area contributed by atoms with E-state index in [2.05, 4.69) is 44.9 Å². The maximum atomic E-state index is 4.29. The molecular weight excluding hydrogens is 204 g/mol. The highest BCUT2D eigenvalue weighted by molar-refractivity contribution is 7.11. The van der Waals surface area contributed by atoms with E-state index in [4.69, 9.17) is 0 Å². The van der Waals surface area contributed by atoms with Gasteiger partial charge in [0.05, 0.1) is 5.01 Å². The quantitative estimate of drug-likeness (QED) is 0.830. The molecule has 1 aromatic rings. The van der Waals surface area contributed by atoms with Gasteiger partial charge in [0, 0.05) is 23.2 Å². The van der Waals surface area contributed by atoms with Gasteiger partial charge in [-0.1, -0.05) is 20.8 Å². The van der Waals surface area contributed by atoms with Crippen LogP contribution in [0.5, 0.6) is 0 Å². The van der Waals surface area contributed by atoms with Crippen molar-refractivity contribution >= 4 is 11.3 Å². The van der Waals surface area contributed by atoms with Crippen molar-refractivity contribution in [1.82, 2.24) is 10.3 Å². The van der Waals surface area contributed by atoms with E-state index in [0.717, 1.165) is 5.01 Å². The van der Waals surface area contributed by atoms with Crippen LogP contribution in [0.4, 0.5) is 0 Å². The van der Waals surface area contributed by atoms with Gasteiger partial charge in [0.25, 0.3) is 0 Å². The zero-order valence-electron chi connectivity index (χ0n) is 10.4. The zero-order chi connectivity index (χ0) is 11.4. The number of nitrogens with zero attached hydrogens (tertiary/aromatic N) is 1. The molecule has 0 aliphatic heterocycles. The molecule has 1 N–H and O–H groups in total. The molecule has 0 amide bonds. The molecular formula is C12H22N2S. The summed E-state index contributed by atoms with van der Waals surface area (Å²) in [6, 6.07) is 1.02. The van der Waals surface area contributed by atoms with Crippen LogP contribution < -0.4 is 5.32 Å². The second kappa shape index (κ2) is 5.61. The summed E-state index contributed by atoms with van der Waals surface area (Å²) in [5, 5.41) is 4.82. The van der Waals surface area contributed by atoms with E-state index in [0.29, 0.717) is 18.0 Å². The second-order valence-electron chi connectivity index (χ2n) is 4.43. The minimum atomic E-state index is 0.420. The van der Waals surface area contributed by atoms with Crippen molar-refractivity contribution in [2.24, 2.45) is 5.92 Å². The van der Waals surface area contributed by atoms with Crippen molar-refractivity contribution in [3.05, 3.63) is 16.1 Å². The highest BCUT2D eigenvalue weighted by Gasteiger charge is 2.16. The van der Waals surface area contributed by atoms with Crippen LogP contribution in [0.15, 0.2) is 6.20 Å². The van der Waals surface area contributed by atoms with E-state index < -0.39 is 0 Å². The lowest BCUT2D eigenvalue weighted by Crippen LogP contribution is -2.34. The van der Waals surface area contributed by atoms with Crippen molar-refractivity contribution in [2.45, 2.75) is 53.1 Å². The maximum absolute atomic E-state index is 4.29.